The van der Waals surface area contributed by atoms with Crippen molar-refractivity contribution in [2.75, 3.05) is 18.6 Å². The van der Waals surface area contributed by atoms with Crippen LogP contribution in [0.25, 0.3) is 0 Å². The maximum Gasteiger partial charge on any atom is 0.191 e. The van der Waals surface area contributed by atoms with E-state index in [-0.39, 0.29) is 11.8 Å². The first-order valence-electron chi connectivity index (χ1n) is 7.03. The molecule has 0 fully saturated rings. The molecule has 1 aromatic rings. The van der Waals surface area contributed by atoms with Gasteiger partial charge in [-0.15, -0.1) is 0 Å². The highest BCUT2D eigenvalue weighted by molar-refractivity contribution is 7.90. The molecule has 0 saturated carbocycles. The van der Waals surface area contributed by atoms with Crippen molar-refractivity contribution in [1.29, 1.82) is 0 Å². The molecule has 0 aliphatic carbocycles. The van der Waals surface area contributed by atoms with Gasteiger partial charge in [-0.2, -0.15) is 0 Å². The lowest BCUT2D eigenvalue weighted by Crippen LogP contribution is -2.42. The molecule has 0 bridgehead atoms. The molecule has 6 nitrogen and oxygen atoms in total. The van der Waals surface area contributed by atoms with Crippen LogP contribution < -0.4 is 10.6 Å². The molecule has 0 radical (unpaired) electrons. The van der Waals surface area contributed by atoms with E-state index in [1.54, 1.807) is 6.20 Å². The van der Waals surface area contributed by atoms with Crippen molar-refractivity contribution in [3.05, 3.63) is 30.1 Å². The van der Waals surface area contributed by atoms with Crippen molar-refractivity contribution in [2.24, 2.45) is 4.99 Å². The summed E-state index contributed by atoms with van der Waals surface area (Å²) in [7, 11) is -2.93. The summed E-state index contributed by atoms with van der Waals surface area (Å²) in [5, 5.41) is 6.35. The third kappa shape index (κ3) is 8.29. The SMILES string of the molecule is CCNC(=NCc1ccccn1)NC(C)CCS(C)(=O)=O. The maximum absolute atomic E-state index is 11.2. The predicted molar refractivity (Wildman–Crippen MR) is 86.0 cm³/mol. The summed E-state index contributed by atoms with van der Waals surface area (Å²) >= 11 is 0. The number of sulfone groups is 1. The molecule has 118 valence electrons. The van der Waals surface area contributed by atoms with Gasteiger partial charge >= 0.3 is 0 Å². The first-order valence-corrected chi connectivity index (χ1v) is 9.09. The van der Waals surface area contributed by atoms with E-state index in [2.05, 4.69) is 20.6 Å². The van der Waals surface area contributed by atoms with Gasteiger partial charge in [0.05, 0.1) is 18.0 Å². The van der Waals surface area contributed by atoms with Crippen molar-refractivity contribution >= 4 is 15.8 Å². The number of hydrogen-bond acceptors (Lipinski definition) is 4. The Morgan fingerprint density at radius 3 is 2.76 bits per heavy atom. The number of hydrogen-bond donors (Lipinski definition) is 2. The van der Waals surface area contributed by atoms with E-state index in [1.807, 2.05) is 32.0 Å². The number of aliphatic imine (C=N–C) groups is 1. The zero-order valence-corrected chi connectivity index (χ0v) is 13.7. The standard InChI is InChI=1S/C14H24N4O2S/c1-4-15-14(17-11-13-7-5-6-9-16-13)18-12(2)8-10-21(3,19)20/h5-7,9,12H,4,8,10-11H2,1-3H3,(H2,15,17,18). The van der Waals surface area contributed by atoms with E-state index in [9.17, 15) is 8.42 Å². The Kier molecular flexibility index (Phi) is 7.14. The van der Waals surface area contributed by atoms with Crippen molar-refractivity contribution in [3.63, 3.8) is 0 Å². The third-order valence-electron chi connectivity index (χ3n) is 2.77. The minimum atomic E-state index is -2.93. The van der Waals surface area contributed by atoms with Crippen LogP contribution in [-0.4, -0.2) is 44.0 Å². The highest BCUT2D eigenvalue weighted by atomic mass is 32.2. The molecule has 0 saturated heterocycles. The van der Waals surface area contributed by atoms with Gasteiger partial charge in [-0.25, -0.2) is 13.4 Å². The van der Waals surface area contributed by atoms with Crippen LogP contribution in [-0.2, 0) is 16.4 Å². The van der Waals surface area contributed by atoms with E-state index in [4.69, 9.17) is 0 Å². The van der Waals surface area contributed by atoms with E-state index in [0.717, 1.165) is 12.2 Å². The molecule has 1 heterocycles. The van der Waals surface area contributed by atoms with Gasteiger partial charge in [-0.05, 0) is 32.4 Å². The van der Waals surface area contributed by atoms with Crippen molar-refractivity contribution < 1.29 is 8.42 Å². The smallest absolute Gasteiger partial charge is 0.191 e. The fourth-order valence-corrected chi connectivity index (χ4v) is 2.45. The van der Waals surface area contributed by atoms with Gasteiger partial charge in [-0.1, -0.05) is 6.07 Å². The quantitative estimate of drug-likeness (QED) is 0.579. The highest BCUT2D eigenvalue weighted by Crippen LogP contribution is 1.98. The highest BCUT2D eigenvalue weighted by Gasteiger charge is 2.09. The second-order valence-electron chi connectivity index (χ2n) is 4.98. The van der Waals surface area contributed by atoms with E-state index in [1.165, 1.54) is 6.26 Å². The summed E-state index contributed by atoms with van der Waals surface area (Å²) in [6, 6.07) is 5.73. The zero-order chi connectivity index (χ0) is 15.7. The average molecular weight is 312 g/mol. The van der Waals surface area contributed by atoms with E-state index < -0.39 is 9.84 Å². The first kappa shape index (κ1) is 17.4. The van der Waals surface area contributed by atoms with Crippen LogP contribution in [0.3, 0.4) is 0 Å². The number of aromatic nitrogens is 1. The van der Waals surface area contributed by atoms with Crippen LogP contribution in [0.15, 0.2) is 29.4 Å². The largest absolute Gasteiger partial charge is 0.357 e. The van der Waals surface area contributed by atoms with Gasteiger partial charge < -0.3 is 10.6 Å². The normalized spacial score (nSPS) is 13.8. The van der Waals surface area contributed by atoms with Gasteiger partial charge in [0.25, 0.3) is 0 Å². The fourth-order valence-electron chi connectivity index (χ4n) is 1.67. The molecule has 7 heteroatoms. The number of rotatable bonds is 7. The topological polar surface area (TPSA) is 83.4 Å². The Bertz CT molecular complexity index is 543. The van der Waals surface area contributed by atoms with Crippen LogP contribution in [0, 0.1) is 0 Å². The molecule has 0 aromatic carbocycles. The van der Waals surface area contributed by atoms with Crippen LogP contribution in [0.4, 0.5) is 0 Å². The van der Waals surface area contributed by atoms with Crippen molar-refractivity contribution in [2.45, 2.75) is 32.9 Å². The van der Waals surface area contributed by atoms with Gasteiger partial charge in [0, 0.05) is 25.0 Å². The van der Waals surface area contributed by atoms with E-state index >= 15 is 0 Å². The molecular weight excluding hydrogens is 288 g/mol. The number of guanidine groups is 1. The molecule has 1 aromatic heterocycles. The monoisotopic (exact) mass is 312 g/mol. The lowest BCUT2D eigenvalue weighted by Gasteiger charge is -2.17. The molecule has 0 aliphatic rings. The lowest BCUT2D eigenvalue weighted by molar-refractivity contribution is 0.581. The lowest BCUT2D eigenvalue weighted by atomic mass is 10.3. The second-order valence-corrected chi connectivity index (χ2v) is 7.24. The Hall–Kier alpha value is -1.63. The molecule has 0 amide bonds. The average Bonchev–Trinajstić information content (AvgIpc) is 2.43. The second kappa shape index (κ2) is 8.61. The fraction of sp³-hybridized carbons (Fsp3) is 0.571. The van der Waals surface area contributed by atoms with Gasteiger partial charge in [0.2, 0.25) is 0 Å². The number of pyridine rings is 1. The Morgan fingerprint density at radius 2 is 2.19 bits per heavy atom. The zero-order valence-electron chi connectivity index (χ0n) is 12.8. The molecule has 1 atom stereocenters. The predicted octanol–water partition coefficient (Wildman–Crippen LogP) is 0.960. The minimum Gasteiger partial charge on any atom is -0.357 e. The number of nitrogens with zero attached hydrogens (tertiary/aromatic N) is 2. The molecule has 2 N–H and O–H groups in total. The summed E-state index contributed by atoms with van der Waals surface area (Å²) in [6.45, 7) is 5.15. The molecule has 1 rings (SSSR count). The summed E-state index contributed by atoms with van der Waals surface area (Å²) in [6.07, 6.45) is 3.53. The first-order chi connectivity index (χ1) is 9.90. The molecule has 0 aliphatic heterocycles. The Morgan fingerprint density at radius 1 is 1.43 bits per heavy atom. The van der Waals surface area contributed by atoms with E-state index in [0.29, 0.717) is 18.9 Å². The van der Waals surface area contributed by atoms with Crippen LogP contribution in [0.1, 0.15) is 26.0 Å². The maximum atomic E-state index is 11.2. The number of nitrogens with one attached hydrogen (secondary N) is 2. The van der Waals surface area contributed by atoms with Crippen molar-refractivity contribution in [3.8, 4) is 0 Å². The summed E-state index contributed by atoms with van der Waals surface area (Å²) in [5.41, 5.74) is 0.887. The van der Waals surface area contributed by atoms with Gasteiger partial charge in [0.15, 0.2) is 5.96 Å². The van der Waals surface area contributed by atoms with Crippen LogP contribution >= 0.6 is 0 Å². The molecule has 1 unspecified atom stereocenters. The summed E-state index contributed by atoms with van der Waals surface area (Å²) < 4.78 is 22.4. The third-order valence-corrected chi connectivity index (χ3v) is 3.75. The molecule has 0 spiro atoms. The molecular formula is C14H24N4O2S. The van der Waals surface area contributed by atoms with Crippen molar-refractivity contribution in [1.82, 2.24) is 15.6 Å². The summed E-state index contributed by atoms with van der Waals surface area (Å²) in [5.74, 6) is 0.838. The van der Waals surface area contributed by atoms with Crippen LogP contribution in [0.2, 0.25) is 0 Å². The van der Waals surface area contributed by atoms with Crippen LogP contribution in [0.5, 0.6) is 0 Å². The van der Waals surface area contributed by atoms with Gasteiger partial charge in [-0.3, -0.25) is 4.98 Å². The Balaban J connectivity index is 2.56. The van der Waals surface area contributed by atoms with Gasteiger partial charge in [0.1, 0.15) is 9.84 Å². The summed E-state index contributed by atoms with van der Waals surface area (Å²) in [4.78, 5) is 8.67. The molecule has 21 heavy (non-hydrogen) atoms. The Labute approximate surface area is 127 Å². The minimum absolute atomic E-state index is 0.0289.